The van der Waals surface area contributed by atoms with Crippen LogP contribution in [0.3, 0.4) is 0 Å². The van der Waals surface area contributed by atoms with E-state index in [1.165, 1.54) is 6.07 Å². The van der Waals surface area contributed by atoms with Crippen molar-refractivity contribution in [2.75, 3.05) is 38.1 Å². The van der Waals surface area contributed by atoms with Crippen LogP contribution >= 0.6 is 0 Å². The standard InChI is InChI=1S/C24H33N5O6/c1-24(2,3)35-23(31)28-12-8-17(9-13-28)7-6-14-34-20-16-18(22(26)30)15-19(29(32)33)21(20)27-11-5-4-10-25/h4-5,15-17,27H,8-14,25H2,1-3H3,(H2,26,30)/b5-4+. The highest BCUT2D eigenvalue weighted by molar-refractivity contribution is 5.95. The molecule has 35 heavy (non-hydrogen) atoms. The number of nitro benzene ring substituents is 1. The zero-order valence-corrected chi connectivity index (χ0v) is 20.3. The van der Waals surface area contributed by atoms with E-state index >= 15 is 0 Å². The Labute approximate surface area is 204 Å². The molecule has 0 atom stereocenters. The molecule has 2 rings (SSSR count). The molecule has 1 heterocycles. The number of carbonyl (C=O) groups is 2. The molecule has 1 saturated heterocycles. The molecule has 1 aliphatic rings. The van der Waals surface area contributed by atoms with Crippen molar-refractivity contribution in [1.82, 2.24) is 4.90 Å². The van der Waals surface area contributed by atoms with Gasteiger partial charge in [-0.25, -0.2) is 4.79 Å². The minimum Gasteiger partial charge on any atom is -0.478 e. The molecule has 0 bridgehead atoms. The molecular weight excluding hydrogens is 454 g/mol. The van der Waals surface area contributed by atoms with Crippen molar-refractivity contribution in [3.05, 3.63) is 40.0 Å². The molecule has 1 aromatic rings. The van der Waals surface area contributed by atoms with E-state index in [2.05, 4.69) is 17.2 Å². The summed E-state index contributed by atoms with van der Waals surface area (Å²) in [5.74, 6) is 5.44. The van der Waals surface area contributed by atoms with Gasteiger partial charge in [0, 0.05) is 43.7 Å². The van der Waals surface area contributed by atoms with Gasteiger partial charge in [0.25, 0.3) is 5.69 Å². The summed E-state index contributed by atoms with van der Waals surface area (Å²) in [5, 5.41) is 14.5. The lowest BCUT2D eigenvalue weighted by atomic mass is 9.98. The van der Waals surface area contributed by atoms with Gasteiger partial charge in [-0.3, -0.25) is 14.9 Å². The Hall–Kier alpha value is -3.78. The maximum Gasteiger partial charge on any atom is 0.410 e. The van der Waals surface area contributed by atoms with E-state index < -0.39 is 16.4 Å². The Kier molecular flexibility index (Phi) is 9.90. The maximum absolute atomic E-state index is 12.2. The molecule has 0 spiro atoms. The number of primary amides is 1. The lowest BCUT2D eigenvalue weighted by Gasteiger charge is -2.31. The normalized spacial score (nSPS) is 14.2. The number of nitrogens with one attached hydrogen (secondary N) is 1. The Morgan fingerprint density at radius 1 is 1.29 bits per heavy atom. The summed E-state index contributed by atoms with van der Waals surface area (Å²) in [7, 11) is 0. The molecule has 1 aromatic carbocycles. The fourth-order valence-corrected chi connectivity index (χ4v) is 3.35. The molecule has 0 aliphatic carbocycles. The van der Waals surface area contributed by atoms with Gasteiger partial charge < -0.3 is 31.2 Å². The number of anilines is 1. The minimum absolute atomic E-state index is 0.0427. The number of nitrogens with zero attached hydrogens (tertiary/aromatic N) is 2. The largest absolute Gasteiger partial charge is 0.478 e. The predicted molar refractivity (Wildman–Crippen MR) is 132 cm³/mol. The Morgan fingerprint density at radius 2 is 1.97 bits per heavy atom. The number of hydrogen-bond acceptors (Lipinski definition) is 8. The van der Waals surface area contributed by atoms with E-state index in [1.807, 2.05) is 20.8 Å². The van der Waals surface area contributed by atoms with Crippen LogP contribution in [0, 0.1) is 27.9 Å². The quantitative estimate of drug-likeness (QED) is 0.218. The summed E-state index contributed by atoms with van der Waals surface area (Å²) in [6, 6.07) is 2.46. The molecule has 5 N–H and O–H groups in total. The summed E-state index contributed by atoms with van der Waals surface area (Å²) in [5.41, 5.74) is 9.95. The first-order valence-electron chi connectivity index (χ1n) is 11.3. The van der Waals surface area contributed by atoms with Crippen molar-refractivity contribution < 1.29 is 24.0 Å². The molecular formula is C24H33N5O6. The molecule has 11 nitrogen and oxygen atoms in total. The van der Waals surface area contributed by atoms with E-state index in [9.17, 15) is 19.7 Å². The third-order valence-electron chi connectivity index (χ3n) is 5.01. The summed E-state index contributed by atoms with van der Waals surface area (Å²) in [6.07, 6.45) is 4.50. The molecule has 0 unspecified atom stereocenters. The molecule has 1 fully saturated rings. The van der Waals surface area contributed by atoms with Crippen molar-refractivity contribution in [3.8, 4) is 17.6 Å². The molecule has 11 heteroatoms. The number of nitro groups is 1. The fourth-order valence-electron chi connectivity index (χ4n) is 3.35. The van der Waals surface area contributed by atoms with Crippen LogP contribution in [0.5, 0.6) is 5.75 Å². The number of piperidine rings is 1. The van der Waals surface area contributed by atoms with Crippen molar-refractivity contribution in [3.63, 3.8) is 0 Å². The smallest absolute Gasteiger partial charge is 0.410 e. The van der Waals surface area contributed by atoms with E-state index in [0.29, 0.717) is 32.5 Å². The van der Waals surface area contributed by atoms with E-state index in [4.69, 9.17) is 20.9 Å². The third kappa shape index (κ3) is 8.83. The topological polar surface area (TPSA) is 163 Å². The second kappa shape index (κ2) is 12.6. The van der Waals surface area contributed by atoms with Crippen molar-refractivity contribution >= 4 is 23.4 Å². The SMILES string of the molecule is CC(C)(C)OC(=O)N1CCC(C#CCOc2cc(C(N)=O)cc([N+](=O)[O-])c2NC/C=C/CN)CC1. The first-order valence-corrected chi connectivity index (χ1v) is 11.3. The number of ether oxygens (including phenoxy) is 2. The summed E-state index contributed by atoms with van der Waals surface area (Å²) < 4.78 is 11.1. The zero-order chi connectivity index (χ0) is 26.0. The maximum atomic E-state index is 12.2. The number of nitrogens with two attached hydrogens (primary N) is 2. The van der Waals surface area contributed by atoms with Crippen LogP contribution in [0.1, 0.15) is 44.0 Å². The van der Waals surface area contributed by atoms with Gasteiger partial charge in [-0.2, -0.15) is 0 Å². The highest BCUT2D eigenvalue weighted by Crippen LogP contribution is 2.36. The van der Waals surface area contributed by atoms with Crippen molar-refractivity contribution in [1.29, 1.82) is 0 Å². The minimum atomic E-state index is -0.810. The summed E-state index contributed by atoms with van der Waals surface area (Å²) >= 11 is 0. The highest BCUT2D eigenvalue weighted by Gasteiger charge is 2.26. The van der Waals surface area contributed by atoms with Gasteiger partial charge in [0.1, 0.15) is 12.2 Å². The van der Waals surface area contributed by atoms with Gasteiger partial charge in [0.2, 0.25) is 5.91 Å². The average Bonchev–Trinajstić information content (AvgIpc) is 2.78. The molecule has 190 valence electrons. The van der Waals surface area contributed by atoms with Gasteiger partial charge in [-0.15, -0.1) is 0 Å². The van der Waals surface area contributed by atoms with Crippen LogP contribution in [-0.2, 0) is 4.74 Å². The molecule has 1 aliphatic heterocycles. The van der Waals surface area contributed by atoms with Crippen LogP contribution < -0.4 is 21.5 Å². The van der Waals surface area contributed by atoms with Crippen LogP contribution in [0.15, 0.2) is 24.3 Å². The second-order valence-corrected chi connectivity index (χ2v) is 8.93. The molecule has 0 radical (unpaired) electrons. The number of likely N-dealkylation sites (tertiary alicyclic amines) is 1. The van der Waals surface area contributed by atoms with Crippen LogP contribution in [-0.4, -0.2) is 60.2 Å². The highest BCUT2D eigenvalue weighted by atomic mass is 16.6. The summed E-state index contributed by atoms with van der Waals surface area (Å²) in [4.78, 5) is 36.5. The first kappa shape index (κ1) is 27.5. The van der Waals surface area contributed by atoms with Crippen molar-refractivity contribution in [2.24, 2.45) is 17.4 Å². The van der Waals surface area contributed by atoms with Gasteiger partial charge in [0.15, 0.2) is 11.4 Å². The fraction of sp³-hybridized carbons (Fsp3) is 0.500. The number of rotatable bonds is 8. The lowest BCUT2D eigenvalue weighted by Crippen LogP contribution is -2.41. The number of amides is 2. The van der Waals surface area contributed by atoms with Gasteiger partial charge in [0.05, 0.1) is 4.92 Å². The summed E-state index contributed by atoms with van der Waals surface area (Å²) in [6.45, 7) is 7.14. The van der Waals surface area contributed by atoms with Gasteiger partial charge >= 0.3 is 6.09 Å². The Bertz CT molecular complexity index is 1010. The second-order valence-electron chi connectivity index (χ2n) is 8.93. The van der Waals surface area contributed by atoms with E-state index in [0.717, 1.165) is 6.07 Å². The molecule has 0 saturated carbocycles. The zero-order valence-electron chi connectivity index (χ0n) is 20.3. The Balaban J connectivity index is 2.06. The number of carbonyl (C=O) groups excluding carboxylic acids is 2. The average molecular weight is 488 g/mol. The van der Waals surface area contributed by atoms with E-state index in [-0.39, 0.29) is 47.9 Å². The molecule has 2 amide bonds. The van der Waals surface area contributed by atoms with Crippen molar-refractivity contribution in [2.45, 2.75) is 39.2 Å². The van der Waals surface area contributed by atoms with E-state index in [1.54, 1.807) is 17.1 Å². The number of benzene rings is 1. The first-order chi connectivity index (χ1) is 16.5. The van der Waals surface area contributed by atoms with Crippen LogP contribution in [0.2, 0.25) is 0 Å². The van der Waals surface area contributed by atoms with Gasteiger partial charge in [-0.05, 0) is 39.7 Å². The van der Waals surface area contributed by atoms with Gasteiger partial charge in [-0.1, -0.05) is 24.0 Å². The lowest BCUT2D eigenvalue weighted by molar-refractivity contribution is -0.384. The predicted octanol–water partition coefficient (Wildman–Crippen LogP) is 2.65. The van der Waals surface area contributed by atoms with Crippen LogP contribution in [0.4, 0.5) is 16.2 Å². The number of hydrogen-bond donors (Lipinski definition) is 3. The third-order valence-corrected chi connectivity index (χ3v) is 5.01. The van der Waals surface area contributed by atoms with Crippen LogP contribution in [0.25, 0.3) is 0 Å². The Morgan fingerprint density at radius 3 is 2.54 bits per heavy atom. The monoisotopic (exact) mass is 487 g/mol. The molecule has 0 aromatic heterocycles.